The van der Waals surface area contributed by atoms with E-state index in [-0.39, 0.29) is 14.0 Å². The highest BCUT2D eigenvalue weighted by molar-refractivity contribution is 9.11. The molecule has 1 aromatic carbocycles. The predicted octanol–water partition coefficient (Wildman–Crippen LogP) is 4.61. The Morgan fingerprint density at radius 3 is 2.36 bits per heavy atom. The SMILES string of the molecule is Fc1c(Br)cc(Br)c(Cl)c1OC(F)F. The minimum Gasteiger partial charge on any atom is -0.430 e. The highest BCUT2D eigenvalue weighted by Crippen LogP contribution is 2.39. The van der Waals surface area contributed by atoms with E-state index in [1.165, 1.54) is 6.07 Å². The highest BCUT2D eigenvalue weighted by Gasteiger charge is 2.19. The van der Waals surface area contributed by atoms with Crippen LogP contribution in [0.3, 0.4) is 0 Å². The molecular weight excluding hydrogens is 352 g/mol. The van der Waals surface area contributed by atoms with Gasteiger partial charge in [0, 0.05) is 4.47 Å². The fraction of sp³-hybridized carbons (Fsp3) is 0.143. The molecule has 0 aliphatic heterocycles. The average molecular weight is 354 g/mol. The summed E-state index contributed by atoms with van der Waals surface area (Å²) in [6.45, 7) is -3.12. The van der Waals surface area contributed by atoms with E-state index in [0.29, 0.717) is 0 Å². The van der Waals surface area contributed by atoms with Gasteiger partial charge in [0.1, 0.15) is 5.02 Å². The van der Waals surface area contributed by atoms with E-state index < -0.39 is 18.2 Å². The van der Waals surface area contributed by atoms with Crippen molar-refractivity contribution in [2.24, 2.45) is 0 Å². The summed E-state index contributed by atoms with van der Waals surface area (Å²) in [4.78, 5) is 0. The second-order valence-corrected chi connectivity index (χ2v) is 4.26. The number of hydrogen-bond acceptors (Lipinski definition) is 1. The van der Waals surface area contributed by atoms with Gasteiger partial charge in [-0.25, -0.2) is 4.39 Å². The molecule has 0 amide bonds. The summed E-state index contributed by atoms with van der Waals surface area (Å²) in [5.74, 6) is -1.64. The van der Waals surface area contributed by atoms with Gasteiger partial charge in [0.2, 0.25) is 0 Å². The van der Waals surface area contributed by atoms with Crippen molar-refractivity contribution in [2.75, 3.05) is 0 Å². The van der Waals surface area contributed by atoms with Crippen LogP contribution in [0.25, 0.3) is 0 Å². The molecule has 1 aromatic rings. The molecule has 0 N–H and O–H groups in total. The first-order chi connectivity index (χ1) is 6.43. The third-order valence-corrected chi connectivity index (χ3v) is 3.08. The van der Waals surface area contributed by atoms with Crippen LogP contribution in [0.2, 0.25) is 5.02 Å². The topological polar surface area (TPSA) is 9.23 Å². The van der Waals surface area contributed by atoms with Gasteiger partial charge in [0.15, 0.2) is 11.6 Å². The summed E-state index contributed by atoms with van der Waals surface area (Å²) in [6.07, 6.45) is 0. The van der Waals surface area contributed by atoms with E-state index in [1.54, 1.807) is 0 Å². The van der Waals surface area contributed by atoms with Crippen molar-refractivity contribution in [1.82, 2.24) is 0 Å². The van der Waals surface area contributed by atoms with Crippen molar-refractivity contribution in [3.8, 4) is 5.75 Å². The lowest BCUT2D eigenvalue weighted by molar-refractivity contribution is -0.0522. The van der Waals surface area contributed by atoms with Gasteiger partial charge >= 0.3 is 6.61 Å². The van der Waals surface area contributed by atoms with E-state index in [4.69, 9.17) is 11.6 Å². The van der Waals surface area contributed by atoms with E-state index in [0.717, 1.165) is 0 Å². The zero-order valence-corrected chi connectivity index (χ0v) is 10.3. The van der Waals surface area contributed by atoms with Crippen LogP contribution in [0.5, 0.6) is 5.75 Å². The van der Waals surface area contributed by atoms with E-state index >= 15 is 0 Å². The van der Waals surface area contributed by atoms with Crippen molar-refractivity contribution in [1.29, 1.82) is 0 Å². The van der Waals surface area contributed by atoms with Crippen LogP contribution < -0.4 is 4.74 Å². The fourth-order valence-corrected chi connectivity index (χ4v) is 2.05. The molecule has 0 radical (unpaired) electrons. The number of ether oxygens (including phenoxy) is 1. The average Bonchev–Trinajstić information content (AvgIpc) is 2.09. The second kappa shape index (κ2) is 4.72. The van der Waals surface area contributed by atoms with Gasteiger partial charge in [-0.1, -0.05) is 11.6 Å². The van der Waals surface area contributed by atoms with Crippen molar-refractivity contribution in [3.05, 3.63) is 25.9 Å². The van der Waals surface area contributed by atoms with E-state index in [9.17, 15) is 13.2 Å². The van der Waals surface area contributed by atoms with Gasteiger partial charge in [-0.05, 0) is 37.9 Å². The Labute approximate surface area is 99.4 Å². The predicted molar refractivity (Wildman–Crippen MR) is 53.4 cm³/mol. The molecule has 14 heavy (non-hydrogen) atoms. The van der Waals surface area contributed by atoms with Crippen LogP contribution in [0, 0.1) is 5.82 Å². The fourth-order valence-electron chi connectivity index (χ4n) is 0.744. The molecule has 7 heteroatoms. The normalized spacial score (nSPS) is 10.8. The van der Waals surface area contributed by atoms with E-state index in [1.807, 2.05) is 0 Å². The molecule has 0 bridgehead atoms. The Balaban J connectivity index is 3.25. The number of rotatable bonds is 2. The number of hydrogen-bond donors (Lipinski definition) is 0. The first-order valence-electron chi connectivity index (χ1n) is 3.21. The maximum absolute atomic E-state index is 13.2. The van der Waals surface area contributed by atoms with Crippen molar-refractivity contribution in [3.63, 3.8) is 0 Å². The molecule has 0 aliphatic rings. The van der Waals surface area contributed by atoms with Gasteiger partial charge < -0.3 is 4.74 Å². The second-order valence-electron chi connectivity index (χ2n) is 2.18. The quantitative estimate of drug-likeness (QED) is 0.705. The summed E-state index contributed by atoms with van der Waals surface area (Å²) in [6, 6.07) is 1.30. The zero-order chi connectivity index (χ0) is 10.9. The third kappa shape index (κ3) is 2.55. The summed E-state index contributed by atoms with van der Waals surface area (Å²) in [5, 5.41) is -0.231. The Morgan fingerprint density at radius 1 is 1.29 bits per heavy atom. The minimum absolute atomic E-state index is 0.00979. The third-order valence-electron chi connectivity index (χ3n) is 1.28. The zero-order valence-electron chi connectivity index (χ0n) is 6.33. The van der Waals surface area contributed by atoms with Crippen LogP contribution in [-0.2, 0) is 0 Å². The van der Waals surface area contributed by atoms with Crippen molar-refractivity contribution in [2.45, 2.75) is 6.61 Å². The Kier molecular flexibility index (Phi) is 4.09. The first kappa shape index (κ1) is 12.1. The summed E-state index contributed by atoms with van der Waals surface area (Å²) < 4.78 is 41.1. The standard InChI is InChI=1S/C7H2Br2ClF3O/c8-2-1-3(9)5(11)6(4(2)10)14-7(12)13/h1,7H. The first-order valence-corrected chi connectivity index (χ1v) is 5.17. The number of halogens is 6. The molecule has 1 nitrogen and oxygen atoms in total. The summed E-state index contributed by atoms with van der Waals surface area (Å²) in [5.41, 5.74) is 0. The number of benzene rings is 1. The Bertz CT molecular complexity index is 333. The molecule has 1 rings (SSSR count). The maximum Gasteiger partial charge on any atom is 0.387 e. The van der Waals surface area contributed by atoms with E-state index in [2.05, 4.69) is 36.6 Å². The molecule has 0 spiro atoms. The molecule has 78 valence electrons. The number of alkyl halides is 2. The minimum atomic E-state index is -3.12. The summed E-state index contributed by atoms with van der Waals surface area (Å²) >= 11 is 11.3. The maximum atomic E-state index is 13.2. The molecule has 0 aromatic heterocycles. The lowest BCUT2D eigenvalue weighted by Gasteiger charge is -2.09. The Hall–Kier alpha value is 0.0600. The van der Waals surface area contributed by atoms with Gasteiger partial charge in [-0.3, -0.25) is 0 Å². The van der Waals surface area contributed by atoms with Crippen LogP contribution >= 0.6 is 43.5 Å². The lowest BCUT2D eigenvalue weighted by Crippen LogP contribution is -2.04. The molecular formula is C7H2Br2ClF3O. The Morgan fingerprint density at radius 2 is 1.86 bits per heavy atom. The largest absolute Gasteiger partial charge is 0.430 e. The molecule has 0 fully saturated rings. The molecule has 0 atom stereocenters. The monoisotopic (exact) mass is 352 g/mol. The molecule has 0 aliphatic carbocycles. The molecule has 0 heterocycles. The molecule has 0 saturated carbocycles. The van der Waals surface area contributed by atoms with Gasteiger partial charge in [0.25, 0.3) is 0 Å². The van der Waals surface area contributed by atoms with Gasteiger partial charge in [-0.15, -0.1) is 0 Å². The lowest BCUT2D eigenvalue weighted by atomic mass is 10.3. The van der Waals surface area contributed by atoms with Crippen molar-refractivity contribution >= 4 is 43.5 Å². The van der Waals surface area contributed by atoms with Crippen LogP contribution in [0.1, 0.15) is 0 Å². The molecule has 0 saturated heterocycles. The molecule has 0 unspecified atom stereocenters. The van der Waals surface area contributed by atoms with Crippen LogP contribution in [0.4, 0.5) is 13.2 Å². The van der Waals surface area contributed by atoms with Crippen LogP contribution in [-0.4, -0.2) is 6.61 Å². The summed E-state index contributed by atoms with van der Waals surface area (Å²) in [7, 11) is 0. The smallest absolute Gasteiger partial charge is 0.387 e. The van der Waals surface area contributed by atoms with Crippen LogP contribution in [0.15, 0.2) is 15.0 Å². The van der Waals surface area contributed by atoms with Gasteiger partial charge in [0.05, 0.1) is 4.47 Å². The van der Waals surface area contributed by atoms with Gasteiger partial charge in [-0.2, -0.15) is 8.78 Å². The van der Waals surface area contributed by atoms with Crippen molar-refractivity contribution < 1.29 is 17.9 Å². The highest BCUT2D eigenvalue weighted by atomic mass is 79.9.